The van der Waals surface area contributed by atoms with Crippen molar-refractivity contribution in [1.82, 2.24) is 4.98 Å². The van der Waals surface area contributed by atoms with Gasteiger partial charge in [0.25, 0.3) is 0 Å². The molecule has 0 radical (unpaired) electrons. The number of para-hydroxylation sites is 1. The molecule has 0 fully saturated rings. The van der Waals surface area contributed by atoms with Crippen molar-refractivity contribution in [2.75, 3.05) is 0 Å². The number of benzene rings is 3. The highest BCUT2D eigenvalue weighted by atomic mass is 79.9. The highest BCUT2D eigenvalue weighted by molar-refractivity contribution is 9.10. The van der Waals surface area contributed by atoms with E-state index in [1.807, 2.05) is 48.5 Å². The predicted molar refractivity (Wildman–Crippen MR) is 105 cm³/mol. The van der Waals surface area contributed by atoms with Crippen molar-refractivity contribution < 1.29 is 0 Å². The monoisotopic (exact) mass is 393 g/mol. The quantitative estimate of drug-likeness (QED) is 0.357. The van der Waals surface area contributed by atoms with E-state index in [4.69, 9.17) is 16.6 Å². The molecule has 116 valence electrons. The van der Waals surface area contributed by atoms with Crippen LogP contribution >= 0.6 is 27.5 Å². The lowest BCUT2D eigenvalue weighted by Crippen LogP contribution is -1.92. The lowest BCUT2D eigenvalue weighted by Gasteiger charge is -2.14. The molecule has 4 aromatic rings. The summed E-state index contributed by atoms with van der Waals surface area (Å²) in [5, 5.41) is 1.85. The zero-order chi connectivity index (χ0) is 16.5. The number of nitrogens with zero attached hydrogens (tertiary/aromatic N) is 1. The van der Waals surface area contributed by atoms with Crippen LogP contribution in [0.5, 0.6) is 0 Å². The smallest absolute Gasteiger partial charge is 0.0858 e. The zero-order valence-electron chi connectivity index (χ0n) is 12.7. The van der Waals surface area contributed by atoms with Crippen LogP contribution in [0.4, 0.5) is 0 Å². The van der Waals surface area contributed by atoms with Gasteiger partial charge in [0.1, 0.15) is 0 Å². The van der Waals surface area contributed by atoms with Crippen LogP contribution < -0.4 is 0 Å². The van der Waals surface area contributed by atoms with Gasteiger partial charge >= 0.3 is 0 Å². The Labute approximate surface area is 154 Å². The standard InChI is InChI=1S/C21H13BrClN/c22-20-19(14-6-2-1-3-7-14)17-8-4-5-9-18(17)24-21(20)15-10-12-16(23)13-11-15/h1-13H. The van der Waals surface area contributed by atoms with Gasteiger partial charge in [-0.05, 0) is 39.7 Å². The lowest BCUT2D eigenvalue weighted by atomic mass is 9.98. The Kier molecular flexibility index (Phi) is 4.09. The van der Waals surface area contributed by atoms with Crippen LogP contribution in [0.3, 0.4) is 0 Å². The summed E-state index contributed by atoms with van der Waals surface area (Å²) in [5.41, 5.74) is 5.26. The summed E-state index contributed by atoms with van der Waals surface area (Å²) < 4.78 is 0.995. The minimum Gasteiger partial charge on any atom is -0.247 e. The van der Waals surface area contributed by atoms with Gasteiger partial charge in [0.05, 0.1) is 15.7 Å². The highest BCUT2D eigenvalue weighted by Gasteiger charge is 2.15. The third-order valence-corrected chi connectivity index (χ3v) is 5.04. The molecule has 0 aliphatic carbocycles. The maximum atomic E-state index is 6.03. The van der Waals surface area contributed by atoms with Crippen molar-refractivity contribution in [1.29, 1.82) is 0 Å². The van der Waals surface area contributed by atoms with E-state index in [0.29, 0.717) is 0 Å². The van der Waals surface area contributed by atoms with E-state index >= 15 is 0 Å². The number of pyridine rings is 1. The summed E-state index contributed by atoms with van der Waals surface area (Å²) in [6.45, 7) is 0. The second kappa shape index (κ2) is 6.39. The number of hydrogen-bond acceptors (Lipinski definition) is 1. The second-order valence-corrected chi connectivity index (χ2v) is 6.77. The molecule has 3 heteroatoms. The Hall–Kier alpha value is -2.16. The number of fused-ring (bicyclic) bond motifs is 1. The van der Waals surface area contributed by atoms with Gasteiger partial charge in [0.2, 0.25) is 0 Å². The van der Waals surface area contributed by atoms with Gasteiger partial charge < -0.3 is 0 Å². The molecule has 3 aromatic carbocycles. The molecule has 0 atom stereocenters. The fourth-order valence-electron chi connectivity index (χ4n) is 2.87. The molecular weight excluding hydrogens is 382 g/mol. The van der Waals surface area contributed by atoms with Gasteiger partial charge in [-0.15, -0.1) is 0 Å². The molecule has 24 heavy (non-hydrogen) atoms. The fraction of sp³-hybridized carbons (Fsp3) is 0. The Morgan fingerprint density at radius 3 is 2.12 bits per heavy atom. The predicted octanol–water partition coefficient (Wildman–Crippen LogP) is 6.98. The van der Waals surface area contributed by atoms with Gasteiger partial charge in [-0.1, -0.05) is 72.3 Å². The summed E-state index contributed by atoms with van der Waals surface area (Å²) in [5.74, 6) is 0. The lowest BCUT2D eigenvalue weighted by molar-refractivity contribution is 1.38. The first-order chi connectivity index (χ1) is 11.7. The SMILES string of the molecule is Clc1ccc(-c2nc3ccccc3c(-c3ccccc3)c2Br)cc1. The van der Waals surface area contributed by atoms with Crippen molar-refractivity contribution >= 4 is 38.4 Å². The van der Waals surface area contributed by atoms with E-state index in [9.17, 15) is 0 Å². The summed E-state index contributed by atoms with van der Waals surface area (Å²) in [7, 11) is 0. The topological polar surface area (TPSA) is 12.9 Å². The summed E-state index contributed by atoms with van der Waals surface area (Å²) in [6, 6.07) is 26.4. The third kappa shape index (κ3) is 2.72. The summed E-state index contributed by atoms with van der Waals surface area (Å²) in [6.07, 6.45) is 0. The summed E-state index contributed by atoms with van der Waals surface area (Å²) >= 11 is 9.83. The molecule has 0 N–H and O–H groups in total. The molecule has 0 saturated heterocycles. The Morgan fingerprint density at radius 1 is 0.708 bits per heavy atom. The van der Waals surface area contributed by atoms with Crippen LogP contribution in [-0.4, -0.2) is 4.98 Å². The Bertz CT molecular complexity index is 1010. The van der Waals surface area contributed by atoms with Crippen LogP contribution in [0.1, 0.15) is 0 Å². The van der Waals surface area contributed by atoms with Crippen LogP contribution in [0.2, 0.25) is 5.02 Å². The normalized spacial score (nSPS) is 10.9. The maximum Gasteiger partial charge on any atom is 0.0858 e. The van der Waals surface area contributed by atoms with Gasteiger partial charge in [0.15, 0.2) is 0 Å². The summed E-state index contributed by atoms with van der Waals surface area (Å²) in [4.78, 5) is 4.87. The molecule has 0 aliphatic heterocycles. The van der Waals surface area contributed by atoms with Crippen LogP contribution in [-0.2, 0) is 0 Å². The molecule has 1 nitrogen and oxygen atoms in total. The van der Waals surface area contributed by atoms with Crippen LogP contribution in [0.25, 0.3) is 33.3 Å². The minimum atomic E-state index is 0.721. The first kappa shape index (κ1) is 15.4. The second-order valence-electron chi connectivity index (χ2n) is 5.54. The van der Waals surface area contributed by atoms with Gasteiger partial charge in [-0.3, -0.25) is 0 Å². The first-order valence-corrected chi connectivity index (χ1v) is 8.81. The van der Waals surface area contributed by atoms with Crippen molar-refractivity contribution in [2.45, 2.75) is 0 Å². The zero-order valence-corrected chi connectivity index (χ0v) is 15.1. The third-order valence-electron chi connectivity index (χ3n) is 4.01. The molecule has 0 unspecified atom stereocenters. The molecular formula is C21H13BrClN. The average Bonchev–Trinajstić information content (AvgIpc) is 2.63. The van der Waals surface area contributed by atoms with Crippen molar-refractivity contribution in [3.63, 3.8) is 0 Å². The maximum absolute atomic E-state index is 6.03. The van der Waals surface area contributed by atoms with Gasteiger partial charge in [-0.25, -0.2) is 4.98 Å². The molecule has 4 rings (SSSR count). The first-order valence-electron chi connectivity index (χ1n) is 7.63. The van der Waals surface area contributed by atoms with Crippen molar-refractivity contribution in [3.05, 3.63) is 88.4 Å². The van der Waals surface area contributed by atoms with E-state index in [1.54, 1.807) is 0 Å². The fourth-order valence-corrected chi connectivity index (χ4v) is 3.76. The van der Waals surface area contributed by atoms with Crippen LogP contribution in [0, 0.1) is 0 Å². The highest BCUT2D eigenvalue weighted by Crippen LogP contribution is 2.40. The average molecular weight is 395 g/mol. The Morgan fingerprint density at radius 2 is 1.38 bits per heavy atom. The van der Waals surface area contributed by atoms with E-state index in [2.05, 4.69) is 46.3 Å². The molecule has 0 saturated carbocycles. The van der Waals surface area contributed by atoms with Gasteiger partial charge in [-0.2, -0.15) is 0 Å². The molecule has 1 heterocycles. The number of halogens is 2. The van der Waals surface area contributed by atoms with Gasteiger partial charge in [0, 0.05) is 21.5 Å². The van der Waals surface area contributed by atoms with E-state index in [0.717, 1.165) is 42.8 Å². The molecule has 0 aliphatic rings. The van der Waals surface area contributed by atoms with E-state index in [-0.39, 0.29) is 0 Å². The Balaban J connectivity index is 2.06. The number of rotatable bonds is 2. The molecule has 1 aromatic heterocycles. The number of hydrogen-bond donors (Lipinski definition) is 0. The minimum absolute atomic E-state index is 0.721. The van der Waals surface area contributed by atoms with E-state index in [1.165, 1.54) is 0 Å². The van der Waals surface area contributed by atoms with Crippen molar-refractivity contribution in [2.24, 2.45) is 0 Å². The number of aromatic nitrogens is 1. The van der Waals surface area contributed by atoms with Crippen LogP contribution in [0.15, 0.2) is 83.3 Å². The molecule has 0 bridgehead atoms. The van der Waals surface area contributed by atoms with E-state index < -0.39 is 0 Å². The molecule has 0 spiro atoms. The molecule has 0 amide bonds. The largest absolute Gasteiger partial charge is 0.247 e. The van der Waals surface area contributed by atoms with Crippen molar-refractivity contribution in [3.8, 4) is 22.4 Å².